The Bertz CT molecular complexity index is 947. The molecular formula is C16H11F3N4OS. The largest absolute Gasteiger partial charge is 0.508 e. The first-order valence-electron chi connectivity index (χ1n) is 7.27. The van der Waals surface area contributed by atoms with Gasteiger partial charge in [0.05, 0.1) is 10.6 Å². The number of aromatic hydroxyl groups is 1. The number of anilines is 1. The van der Waals surface area contributed by atoms with Crippen LogP contribution in [-0.4, -0.2) is 19.9 Å². The highest BCUT2D eigenvalue weighted by Gasteiger charge is 2.39. The number of phenols is 1. The van der Waals surface area contributed by atoms with Crippen molar-refractivity contribution in [2.45, 2.75) is 12.2 Å². The number of nitrogens with zero attached hydrogens (tertiary/aromatic N) is 3. The average molecular weight is 364 g/mol. The predicted octanol–water partition coefficient (Wildman–Crippen LogP) is 4.12. The van der Waals surface area contributed by atoms with Crippen molar-refractivity contribution in [3.8, 4) is 5.75 Å². The fourth-order valence-electron chi connectivity index (χ4n) is 2.63. The van der Waals surface area contributed by atoms with Crippen molar-refractivity contribution in [2.24, 2.45) is 0 Å². The Labute approximate surface area is 144 Å². The maximum Gasteiger partial charge on any atom is 0.453 e. The quantitative estimate of drug-likeness (QED) is 0.718. The Hall–Kier alpha value is -2.81. The summed E-state index contributed by atoms with van der Waals surface area (Å²) in [5.74, 6) is -1.17. The van der Waals surface area contributed by atoms with E-state index in [0.29, 0.717) is 11.3 Å². The standard InChI is InChI=1S/C16H11F3N4OS/c17-16(18,19)14-21-15-20-11(13-5-2-6-25-13)8-12(23(15)22-14)9-3-1-4-10(24)7-9/h1-8,12,24H,(H,20,21,22). The molecule has 1 unspecified atom stereocenters. The van der Waals surface area contributed by atoms with Gasteiger partial charge in [0.25, 0.3) is 5.82 Å². The minimum atomic E-state index is -4.64. The molecule has 25 heavy (non-hydrogen) atoms. The highest BCUT2D eigenvalue weighted by Crippen LogP contribution is 2.37. The second-order valence-electron chi connectivity index (χ2n) is 5.42. The maximum atomic E-state index is 13.0. The Morgan fingerprint density at radius 3 is 2.72 bits per heavy atom. The van der Waals surface area contributed by atoms with E-state index in [1.807, 2.05) is 17.5 Å². The summed E-state index contributed by atoms with van der Waals surface area (Å²) >= 11 is 1.46. The van der Waals surface area contributed by atoms with Crippen LogP contribution >= 0.6 is 11.3 Å². The van der Waals surface area contributed by atoms with Crippen LogP contribution in [0, 0.1) is 0 Å². The smallest absolute Gasteiger partial charge is 0.453 e. The number of fused-ring (bicyclic) bond motifs is 1. The van der Waals surface area contributed by atoms with Gasteiger partial charge in [-0.15, -0.1) is 16.4 Å². The number of alkyl halides is 3. The molecular weight excluding hydrogens is 353 g/mol. The Kier molecular flexibility index (Phi) is 3.53. The maximum absolute atomic E-state index is 13.0. The van der Waals surface area contributed by atoms with Gasteiger partial charge in [-0.1, -0.05) is 18.2 Å². The minimum Gasteiger partial charge on any atom is -0.508 e. The van der Waals surface area contributed by atoms with Gasteiger partial charge in [0.1, 0.15) is 11.8 Å². The number of allylic oxidation sites excluding steroid dienone is 1. The lowest BCUT2D eigenvalue weighted by molar-refractivity contribution is -0.145. The number of hydrogen-bond donors (Lipinski definition) is 2. The molecule has 0 radical (unpaired) electrons. The van der Waals surface area contributed by atoms with Gasteiger partial charge < -0.3 is 10.4 Å². The zero-order chi connectivity index (χ0) is 17.6. The zero-order valence-corrected chi connectivity index (χ0v) is 13.3. The lowest BCUT2D eigenvalue weighted by Gasteiger charge is -2.23. The first kappa shape index (κ1) is 15.7. The van der Waals surface area contributed by atoms with Gasteiger partial charge in [-0.25, -0.2) is 4.68 Å². The SMILES string of the molecule is Oc1cccc(C2C=C(c3cccs3)Nc3nc(C(F)(F)F)nn32)c1. The molecule has 0 saturated heterocycles. The van der Waals surface area contributed by atoms with Crippen LogP contribution < -0.4 is 5.32 Å². The van der Waals surface area contributed by atoms with Crippen LogP contribution in [0.25, 0.3) is 5.70 Å². The Balaban J connectivity index is 1.86. The van der Waals surface area contributed by atoms with Crippen molar-refractivity contribution >= 4 is 23.0 Å². The summed E-state index contributed by atoms with van der Waals surface area (Å²) in [6, 6.07) is 9.44. The molecule has 3 heterocycles. The third-order valence-corrected chi connectivity index (χ3v) is 4.62. The van der Waals surface area contributed by atoms with Gasteiger partial charge in [0.15, 0.2) is 0 Å². The summed E-state index contributed by atoms with van der Waals surface area (Å²) in [4.78, 5) is 4.47. The lowest BCUT2D eigenvalue weighted by Crippen LogP contribution is -2.20. The van der Waals surface area contributed by atoms with E-state index in [1.165, 1.54) is 28.2 Å². The summed E-state index contributed by atoms with van der Waals surface area (Å²) in [5.41, 5.74) is 1.26. The molecule has 9 heteroatoms. The van der Waals surface area contributed by atoms with Crippen molar-refractivity contribution in [3.05, 3.63) is 64.1 Å². The Morgan fingerprint density at radius 2 is 2.04 bits per heavy atom. The number of hydrogen-bond acceptors (Lipinski definition) is 5. The van der Waals surface area contributed by atoms with E-state index in [0.717, 1.165) is 4.88 Å². The molecule has 1 aliphatic heterocycles. The molecule has 2 aromatic heterocycles. The van der Waals surface area contributed by atoms with Crippen LogP contribution in [0.1, 0.15) is 22.3 Å². The number of rotatable bonds is 2. The van der Waals surface area contributed by atoms with Crippen molar-refractivity contribution in [1.82, 2.24) is 14.8 Å². The predicted molar refractivity (Wildman–Crippen MR) is 87.2 cm³/mol. The van der Waals surface area contributed by atoms with Crippen molar-refractivity contribution < 1.29 is 18.3 Å². The topological polar surface area (TPSA) is 63.0 Å². The van der Waals surface area contributed by atoms with Crippen LogP contribution in [0.15, 0.2) is 47.9 Å². The summed E-state index contributed by atoms with van der Waals surface area (Å²) in [7, 11) is 0. The fraction of sp³-hybridized carbons (Fsp3) is 0.125. The van der Waals surface area contributed by atoms with Crippen LogP contribution in [0.3, 0.4) is 0 Å². The molecule has 0 aliphatic carbocycles. The van der Waals surface area contributed by atoms with E-state index in [9.17, 15) is 18.3 Å². The highest BCUT2D eigenvalue weighted by atomic mass is 32.1. The van der Waals surface area contributed by atoms with Crippen LogP contribution in [-0.2, 0) is 6.18 Å². The molecule has 5 nitrogen and oxygen atoms in total. The third-order valence-electron chi connectivity index (χ3n) is 3.72. The number of halogens is 3. The Morgan fingerprint density at radius 1 is 1.20 bits per heavy atom. The number of nitrogens with one attached hydrogen (secondary N) is 1. The normalized spacial score (nSPS) is 16.9. The average Bonchev–Trinajstić information content (AvgIpc) is 3.22. The van der Waals surface area contributed by atoms with Gasteiger partial charge in [0.2, 0.25) is 5.95 Å². The highest BCUT2D eigenvalue weighted by molar-refractivity contribution is 7.11. The summed E-state index contributed by atoms with van der Waals surface area (Å²) in [6.45, 7) is 0. The number of aromatic nitrogens is 3. The minimum absolute atomic E-state index is 0.00608. The van der Waals surface area contributed by atoms with Crippen molar-refractivity contribution in [3.63, 3.8) is 0 Å². The first-order chi connectivity index (χ1) is 11.9. The molecule has 0 bridgehead atoms. The van der Waals surface area contributed by atoms with E-state index in [1.54, 1.807) is 18.2 Å². The van der Waals surface area contributed by atoms with E-state index < -0.39 is 18.0 Å². The van der Waals surface area contributed by atoms with Gasteiger partial charge in [0, 0.05) is 0 Å². The molecule has 4 rings (SSSR count). The molecule has 1 aromatic carbocycles. The zero-order valence-electron chi connectivity index (χ0n) is 12.5. The van der Waals surface area contributed by atoms with Gasteiger partial charge in [-0.3, -0.25) is 0 Å². The van der Waals surface area contributed by atoms with Crippen molar-refractivity contribution in [2.75, 3.05) is 5.32 Å². The van der Waals surface area contributed by atoms with Gasteiger partial charge >= 0.3 is 6.18 Å². The summed E-state index contributed by atoms with van der Waals surface area (Å²) < 4.78 is 40.2. The number of phenolic OH excluding ortho intramolecular Hbond substituents is 1. The molecule has 0 spiro atoms. The second kappa shape index (κ2) is 5.62. The summed E-state index contributed by atoms with van der Waals surface area (Å²) in [5, 5.41) is 18.1. The lowest BCUT2D eigenvalue weighted by atomic mass is 10.0. The van der Waals surface area contributed by atoms with E-state index in [4.69, 9.17) is 0 Å². The second-order valence-corrected chi connectivity index (χ2v) is 6.37. The van der Waals surface area contributed by atoms with E-state index >= 15 is 0 Å². The molecule has 3 aromatic rings. The molecule has 0 fully saturated rings. The van der Waals surface area contributed by atoms with Gasteiger partial charge in [-0.05, 0) is 35.2 Å². The van der Waals surface area contributed by atoms with Crippen LogP contribution in [0.4, 0.5) is 19.1 Å². The molecule has 0 amide bonds. The molecule has 1 atom stereocenters. The molecule has 128 valence electrons. The van der Waals surface area contributed by atoms with E-state index in [2.05, 4.69) is 15.4 Å². The molecule has 0 saturated carbocycles. The van der Waals surface area contributed by atoms with Crippen LogP contribution in [0.2, 0.25) is 0 Å². The summed E-state index contributed by atoms with van der Waals surface area (Å²) in [6.07, 6.45) is -2.87. The van der Waals surface area contributed by atoms with Crippen LogP contribution in [0.5, 0.6) is 5.75 Å². The first-order valence-corrected chi connectivity index (χ1v) is 8.15. The fourth-order valence-corrected chi connectivity index (χ4v) is 3.34. The monoisotopic (exact) mass is 364 g/mol. The number of benzene rings is 1. The number of thiophene rings is 1. The molecule has 1 aliphatic rings. The van der Waals surface area contributed by atoms with Crippen molar-refractivity contribution in [1.29, 1.82) is 0 Å². The molecule has 2 N–H and O–H groups in total. The van der Waals surface area contributed by atoms with Gasteiger partial charge in [-0.2, -0.15) is 18.2 Å². The van der Waals surface area contributed by atoms with E-state index in [-0.39, 0.29) is 11.7 Å². The third kappa shape index (κ3) is 2.86.